The number of carbonyl (C=O) groups excluding carboxylic acids is 1. The quantitative estimate of drug-likeness (QED) is 0.631. The van der Waals surface area contributed by atoms with Gasteiger partial charge in [0.05, 0.1) is 13.4 Å². The number of carbonyl (C=O) groups is 1. The zero-order valence-electron chi connectivity index (χ0n) is 7.03. The summed E-state index contributed by atoms with van der Waals surface area (Å²) in [6.07, 6.45) is 4.97. The maximum Gasteiger partial charge on any atom is 0.341 e. The Balaban J connectivity index is 2.98. The molecule has 3 nitrogen and oxygen atoms in total. The predicted octanol–water partition coefficient (Wildman–Crippen LogP) is 2.10. The molecule has 1 rings (SSSR count). The van der Waals surface area contributed by atoms with E-state index in [-0.39, 0.29) is 5.97 Å². The first-order valence-corrected chi connectivity index (χ1v) is 3.58. The van der Waals surface area contributed by atoms with Gasteiger partial charge in [0, 0.05) is 0 Å². The molecule has 3 heteroatoms. The van der Waals surface area contributed by atoms with Gasteiger partial charge in [-0.25, -0.2) is 4.79 Å². The maximum absolute atomic E-state index is 11.1. The molecule has 0 N–H and O–H groups in total. The Morgan fingerprint density at radius 3 is 3.00 bits per heavy atom. The van der Waals surface area contributed by atoms with E-state index in [4.69, 9.17) is 4.42 Å². The molecule has 0 bridgehead atoms. The van der Waals surface area contributed by atoms with Crippen molar-refractivity contribution in [1.82, 2.24) is 0 Å². The molecule has 0 atom stereocenters. The second-order valence-electron chi connectivity index (χ2n) is 2.19. The molecule has 0 radical (unpaired) electrons. The molecular weight excluding hydrogens is 156 g/mol. The van der Waals surface area contributed by atoms with Crippen LogP contribution in [0.5, 0.6) is 0 Å². The van der Waals surface area contributed by atoms with Gasteiger partial charge in [-0.1, -0.05) is 6.08 Å². The lowest BCUT2D eigenvalue weighted by Gasteiger charge is -1.94. The van der Waals surface area contributed by atoms with Crippen molar-refractivity contribution in [2.45, 2.75) is 6.92 Å². The summed E-state index contributed by atoms with van der Waals surface area (Å²) in [5.41, 5.74) is 0.454. The molecule has 1 aromatic heterocycles. The van der Waals surface area contributed by atoms with Crippen molar-refractivity contribution in [3.63, 3.8) is 0 Å². The number of ether oxygens (including phenoxy) is 1. The molecule has 0 spiro atoms. The van der Waals surface area contributed by atoms with E-state index in [1.807, 2.05) is 6.92 Å². The van der Waals surface area contributed by atoms with E-state index >= 15 is 0 Å². The normalized spacial score (nSPS) is 10.5. The summed E-state index contributed by atoms with van der Waals surface area (Å²) < 4.78 is 9.59. The lowest BCUT2D eigenvalue weighted by Crippen LogP contribution is -2.00. The van der Waals surface area contributed by atoms with Gasteiger partial charge in [-0.3, -0.25) is 0 Å². The van der Waals surface area contributed by atoms with Gasteiger partial charge in [-0.05, 0) is 19.1 Å². The molecule has 0 aliphatic rings. The van der Waals surface area contributed by atoms with Crippen molar-refractivity contribution in [3.05, 3.63) is 29.7 Å². The minimum atomic E-state index is -0.378. The molecule has 64 valence electrons. The van der Waals surface area contributed by atoms with Crippen molar-refractivity contribution >= 4 is 12.0 Å². The molecule has 0 saturated heterocycles. The van der Waals surface area contributed by atoms with Crippen LogP contribution in [-0.4, -0.2) is 13.1 Å². The maximum atomic E-state index is 11.1. The van der Waals surface area contributed by atoms with Crippen LogP contribution in [0, 0.1) is 0 Å². The van der Waals surface area contributed by atoms with Crippen LogP contribution in [-0.2, 0) is 4.74 Å². The van der Waals surface area contributed by atoms with Crippen LogP contribution in [0.4, 0.5) is 0 Å². The van der Waals surface area contributed by atoms with Crippen LogP contribution in [0.15, 0.2) is 22.8 Å². The predicted molar refractivity (Wildman–Crippen MR) is 44.8 cm³/mol. The van der Waals surface area contributed by atoms with Crippen LogP contribution in [0.1, 0.15) is 23.0 Å². The Labute approximate surface area is 70.6 Å². The second kappa shape index (κ2) is 3.76. The Kier molecular flexibility index (Phi) is 2.69. The average molecular weight is 166 g/mol. The minimum absolute atomic E-state index is 0.378. The van der Waals surface area contributed by atoms with E-state index in [9.17, 15) is 4.79 Å². The van der Waals surface area contributed by atoms with E-state index in [0.717, 1.165) is 0 Å². The van der Waals surface area contributed by atoms with Gasteiger partial charge < -0.3 is 9.15 Å². The third-order valence-electron chi connectivity index (χ3n) is 1.42. The van der Waals surface area contributed by atoms with E-state index in [0.29, 0.717) is 11.3 Å². The van der Waals surface area contributed by atoms with Gasteiger partial charge in [-0.15, -0.1) is 0 Å². The fourth-order valence-corrected chi connectivity index (χ4v) is 0.880. The molecule has 0 unspecified atom stereocenters. The van der Waals surface area contributed by atoms with Crippen LogP contribution < -0.4 is 0 Å². The fraction of sp³-hybridized carbons (Fsp3) is 0.222. The Morgan fingerprint density at radius 2 is 2.42 bits per heavy atom. The van der Waals surface area contributed by atoms with E-state index in [1.165, 1.54) is 13.4 Å². The fourth-order valence-electron chi connectivity index (χ4n) is 0.880. The summed E-state index contributed by atoms with van der Waals surface area (Å²) in [6.45, 7) is 1.85. The summed E-state index contributed by atoms with van der Waals surface area (Å²) in [5.74, 6) is 0.154. The molecule has 0 amide bonds. The van der Waals surface area contributed by atoms with Crippen LogP contribution in [0.2, 0.25) is 0 Å². The number of hydrogen-bond acceptors (Lipinski definition) is 3. The van der Waals surface area contributed by atoms with Gasteiger partial charge >= 0.3 is 5.97 Å². The second-order valence-corrected chi connectivity index (χ2v) is 2.19. The highest BCUT2D eigenvalue weighted by Crippen LogP contribution is 2.13. The van der Waals surface area contributed by atoms with Crippen molar-refractivity contribution < 1.29 is 13.9 Å². The highest BCUT2D eigenvalue weighted by molar-refractivity contribution is 5.92. The Morgan fingerprint density at radius 1 is 1.67 bits per heavy atom. The first-order valence-electron chi connectivity index (χ1n) is 3.58. The topological polar surface area (TPSA) is 39.4 Å². The van der Waals surface area contributed by atoms with Crippen LogP contribution in [0.25, 0.3) is 6.08 Å². The van der Waals surface area contributed by atoms with Crippen molar-refractivity contribution in [1.29, 1.82) is 0 Å². The highest BCUT2D eigenvalue weighted by atomic mass is 16.5. The lowest BCUT2D eigenvalue weighted by atomic mass is 10.2. The van der Waals surface area contributed by atoms with Crippen LogP contribution in [0.3, 0.4) is 0 Å². The molecule has 0 saturated carbocycles. The SMILES string of the molecule is C/C=C/c1occc1C(=O)OC. The smallest absolute Gasteiger partial charge is 0.341 e. The third-order valence-corrected chi connectivity index (χ3v) is 1.42. The van der Waals surface area contributed by atoms with Crippen molar-refractivity contribution in [2.24, 2.45) is 0 Å². The number of furan rings is 1. The third kappa shape index (κ3) is 1.56. The molecule has 1 aromatic rings. The summed E-state index contributed by atoms with van der Waals surface area (Å²) in [7, 11) is 1.34. The number of esters is 1. The average Bonchev–Trinajstić information content (AvgIpc) is 2.52. The lowest BCUT2D eigenvalue weighted by molar-refractivity contribution is 0.0599. The molecule has 12 heavy (non-hydrogen) atoms. The molecule has 1 heterocycles. The molecule has 0 aliphatic carbocycles. The summed E-state index contributed by atoms with van der Waals surface area (Å²) in [5, 5.41) is 0. The van der Waals surface area contributed by atoms with E-state index < -0.39 is 0 Å². The summed E-state index contributed by atoms with van der Waals surface area (Å²) in [4.78, 5) is 11.1. The Hall–Kier alpha value is -1.51. The van der Waals surface area contributed by atoms with Gasteiger partial charge in [0.25, 0.3) is 0 Å². The zero-order chi connectivity index (χ0) is 8.97. The monoisotopic (exact) mass is 166 g/mol. The number of rotatable bonds is 2. The van der Waals surface area contributed by atoms with Crippen molar-refractivity contribution in [3.8, 4) is 0 Å². The molecule has 0 aromatic carbocycles. The van der Waals surface area contributed by atoms with Gasteiger partial charge in [0.15, 0.2) is 0 Å². The first kappa shape index (κ1) is 8.59. The van der Waals surface area contributed by atoms with Crippen molar-refractivity contribution in [2.75, 3.05) is 7.11 Å². The Bertz CT molecular complexity index is 296. The van der Waals surface area contributed by atoms with Gasteiger partial charge in [-0.2, -0.15) is 0 Å². The van der Waals surface area contributed by atoms with Crippen LogP contribution >= 0.6 is 0 Å². The summed E-state index contributed by atoms with van der Waals surface area (Å²) >= 11 is 0. The standard InChI is InChI=1S/C9H10O3/c1-3-4-8-7(5-6-12-8)9(10)11-2/h3-6H,1-2H3/b4-3+. The highest BCUT2D eigenvalue weighted by Gasteiger charge is 2.11. The zero-order valence-corrected chi connectivity index (χ0v) is 7.03. The number of hydrogen-bond donors (Lipinski definition) is 0. The number of allylic oxidation sites excluding steroid dienone is 1. The summed E-state index contributed by atoms with van der Waals surface area (Å²) in [6, 6.07) is 1.58. The largest absolute Gasteiger partial charge is 0.465 e. The van der Waals surface area contributed by atoms with E-state index in [1.54, 1.807) is 18.2 Å². The van der Waals surface area contributed by atoms with E-state index in [2.05, 4.69) is 4.74 Å². The first-order chi connectivity index (χ1) is 5.79. The van der Waals surface area contributed by atoms with Gasteiger partial charge in [0.2, 0.25) is 0 Å². The number of methoxy groups -OCH3 is 1. The molecule has 0 fully saturated rings. The minimum Gasteiger partial charge on any atom is -0.465 e. The molecular formula is C9H10O3. The van der Waals surface area contributed by atoms with Gasteiger partial charge in [0.1, 0.15) is 11.3 Å². The molecule has 0 aliphatic heterocycles.